The summed E-state index contributed by atoms with van der Waals surface area (Å²) >= 11 is 0. The molecule has 7 nitrogen and oxygen atoms in total. The van der Waals surface area contributed by atoms with E-state index < -0.39 is 5.97 Å². The van der Waals surface area contributed by atoms with E-state index in [2.05, 4.69) is 30.9 Å². The molecule has 0 radical (unpaired) electrons. The van der Waals surface area contributed by atoms with Gasteiger partial charge >= 0.3 is 5.97 Å². The summed E-state index contributed by atoms with van der Waals surface area (Å²) in [6.07, 6.45) is 3.83. The lowest BCUT2D eigenvalue weighted by Crippen LogP contribution is -2.40. The number of piperidine rings is 1. The van der Waals surface area contributed by atoms with E-state index in [1.54, 1.807) is 4.90 Å². The number of nitrogens with zero attached hydrogens (tertiary/aromatic N) is 3. The number of carbonyl (C=O) groups excluding carboxylic acids is 1. The molecule has 150 valence electrons. The molecule has 2 aromatic heterocycles. The Labute approximate surface area is 164 Å². The third-order valence-corrected chi connectivity index (χ3v) is 5.59. The first kappa shape index (κ1) is 18.9. The van der Waals surface area contributed by atoms with Gasteiger partial charge in [-0.3, -0.25) is 9.59 Å². The Morgan fingerprint density at radius 3 is 2.46 bits per heavy atom. The van der Waals surface area contributed by atoms with Crippen LogP contribution in [0.1, 0.15) is 74.1 Å². The number of hydrogen-bond acceptors (Lipinski definition) is 5. The van der Waals surface area contributed by atoms with Crippen molar-refractivity contribution in [3.8, 4) is 0 Å². The summed E-state index contributed by atoms with van der Waals surface area (Å²) in [6.45, 7) is 7.28. The zero-order valence-corrected chi connectivity index (χ0v) is 16.7. The summed E-state index contributed by atoms with van der Waals surface area (Å²) in [6, 6.07) is 1.91. The number of amides is 1. The Bertz CT molecular complexity index is 916. The minimum absolute atomic E-state index is 0.000875. The number of fused-ring (bicyclic) bond motifs is 1. The van der Waals surface area contributed by atoms with E-state index in [4.69, 9.17) is 4.52 Å². The van der Waals surface area contributed by atoms with E-state index in [9.17, 15) is 14.7 Å². The van der Waals surface area contributed by atoms with Crippen LogP contribution >= 0.6 is 0 Å². The molecule has 7 heteroatoms. The van der Waals surface area contributed by atoms with E-state index >= 15 is 0 Å². The van der Waals surface area contributed by atoms with Gasteiger partial charge in [0.25, 0.3) is 11.6 Å². The molecule has 2 aromatic rings. The molecule has 0 bridgehead atoms. The number of carboxylic acid groups (broad SMARTS) is 1. The summed E-state index contributed by atoms with van der Waals surface area (Å²) in [5, 5.41) is 14.2. The monoisotopic (exact) mass is 385 g/mol. The van der Waals surface area contributed by atoms with Crippen molar-refractivity contribution in [2.75, 3.05) is 13.1 Å². The van der Waals surface area contributed by atoms with Crippen LogP contribution in [0.25, 0.3) is 11.1 Å². The molecule has 1 aliphatic carbocycles. The van der Waals surface area contributed by atoms with Gasteiger partial charge in [-0.1, -0.05) is 25.9 Å². The van der Waals surface area contributed by atoms with Crippen molar-refractivity contribution < 1.29 is 19.2 Å². The molecule has 1 aliphatic heterocycles. The molecule has 1 saturated heterocycles. The van der Waals surface area contributed by atoms with E-state index in [0.717, 1.165) is 24.2 Å². The molecule has 0 atom stereocenters. The molecule has 0 spiro atoms. The Morgan fingerprint density at radius 2 is 1.89 bits per heavy atom. The van der Waals surface area contributed by atoms with Crippen molar-refractivity contribution in [2.24, 2.45) is 11.3 Å². The molecular weight excluding hydrogens is 358 g/mol. The van der Waals surface area contributed by atoms with E-state index in [1.807, 2.05) is 6.07 Å². The Kier molecular flexibility index (Phi) is 4.63. The molecule has 1 N–H and O–H groups in total. The second-order valence-electron chi connectivity index (χ2n) is 9.32. The number of hydrogen-bond donors (Lipinski definition) is 1. The number of aromatic nitrogens is 2. The van der Waals surface area contributed by atoms with Crippen LogP contribution in [0.2, 0.25) is 0 Å². The summed E-state index contributed by atoms with van der Waals surface area (Å²) in [5.41, 5.74) is 2.70. The van der Waals surface area contributed by atoms with Gasteiger partial charge in [-0.15, -0.1) is 0 Å². The third-order valence-electron chi connectivity index (χ3n) is 5.59. The van der Waals surface area contributed by atoms with Gasteiger partial charge in [0.05, 0.1) is 22.6 Å². The lowest BCUT2D eigenvalue weighted by Gasteiger charge is -2.30. The maximum Gasteiger partial charge on any atom is 0.306 e. The largest absolute Gasteiger partial charge is 0.481 e. The van der Waals surface area contributed by atoms with Crippen LogP contribution in [0, 0.1) is 11.3 Å². The molecule has 1 saturated carbocycles. The Hall–Kier alpha value is -2.44. The summed E-state index contributed by atoms with van der Waals surface area (Å²) < 4.78 is 5.53. The highest BCUT2D eigenvalue weighted by Gasteiger charge is 2.33. The molecule has 3 heterocycles. The number of likely N-dealkylation sites (tertiary alicyclic amines) is 1. The van der Waals surface area contributed by atoms with Gasteiger partial charge in [-0.25, -0.2) is 4.98 Å². The average molecular weight is 385 g/mol. The fraction of sp³-hybridized carbons (Fsp3) is 0.619. The standard InChI is InChI=1S/C21H27N3O4/c1-21(2,3)11-16-17-14(10-15(12-4-5-12)22-18(17)28-23-16)19(25)24-8-6-13(7-9-24)20(26)27/h10,12-13H,4-9,11H2,1-3H3,(H,26,27). The Morgan fingerprint density at radius 1 is 1.21 bits per heavy atom. The minimum Gasteiger partial charge on any atom is -0.481 e. The van der Waals surface area contributed by atoms with Gasteiger partial charge in [-0.05, 0) is 43.6 Å². The number of rotatable bonds is 4. The second-order valence-corrected chi connectivity index (χ2v) is 9.32. The SMILES string of the molecule is CC(C)(C)Cc1noc2nc(C3CC3)cc(C(=O)N3CCC(C(=O)O)CC3)c12. The first-order chi connectivity index (χ1) is 13.2. The van der Waals surface area contributed by atoms with Gasteiger partial charge in [0.2, 0.25) is 0 Å². The fourth-order valence-electron chi connectivity index (χ4n) is 3.91. The van der Waals surface area contributed by atoms with Crippen molar-refractivity contribution in [1.29, 1.82) is 0 Å². The van der Waals surface area contributed by atoms with Crippen LogP contribution < -0.4 is 0 Å². The van der Waals surface area contributed by atoms with Crippen molar-refractivity contribution in [3.05, 3.63) is 23.0 Å². The van der Waals surface area contributed by atoms with Crippen LogP contribution in [0.4, 0.5) is 0 Å². The third kappa shape index (κ3) is 3.75. The van der Waals surface area contributed by atoms with Crippen LogP contribution in [0.15, 0.2) is 10.6 Å². The molecule has 0 unspecified atom stereocenters. The number of pyridine rings is 1. The molecule has 0 aromatic carbocycles. The molecule has 2 fully saturated rings. The quantitative estimate of drug-likeness (QED) is 0.863. The predicted molar refractivity (Wildman–Crippen MR) is 103 cm³/mol. The molecular formula is C21H27N3O4. The smallest absolute Gasteiger partial charge is 0.306 e. The average Bonchev–Trinajstić information content (AvgIpc) is 3.42. The van der Waals surface area contributed by atoms with Crippen LogP contribution in [-0.4, -0.2) is 45.1 Å². The maximum atomic E-state index is 13.4. The fourth-order valence-corrected chi connectivity index (χ4v) is 3.91. The Balaban J connectivity index is 1.70. The summed E-state index contributed by atoms with van der Waals surface area (Å²) in [4.78, 5) is 31.0. The first-order valence-corrected chi connectivity index (χ1v) is 10.0. The number of carboxylic acids is 1. The van der Waals surface area contributed by atoms with Gasteiger partial charge in [-0.2, -0.15) is 0 Å². The topological polar surface area (TPSA) is 96.5 Å². The zero-order chi connectivity index (χ0) is 20.1. The highest BCUT2D eigenvalue weighted by atomic mass is 16.5. The van der Waals surface area contributed by atoms with Crippen LogP contribution in [0.3, 0.4) is 0 Å². The summed E-state index contributed by atoms with van der Waals surface area (Å²) in [5.74, 6) is -0.821. The van der Waals surface area contributed by atoms with Crippen LogP contribution in [0.5, 0.6) is 0 Å². The van der Waals surface area contributed by atoms with Gasteiger partial charge in [0, 0.05) is 24.7 Å². The first-order valence-electron chi connectivity index (χ1n) is 10.0. The molecule has 4 rings (SSSR count). The predicted octanol–water partition coefficient (Wildman–Crippen LogP) is 3.63. The lowest BCUT2D eigenvalue weighted by molar-refractivity contribution is -0.143. The van der Waals surface area contributed by atoms with E-state index in [0.29, 0.717) is 54.9 Å². The molecule has 1 amide bonds. The van der Waals surface area contributed by atoms with Gasteiger partial charge in [0.1, 0.15) is 0 Å². The van der Waals surface area contributed by atoms with Crippen LogP contribution in [-0.2, 0) is 11.2 Å². The van der Waals surface area contributed by atoms with E-state index in [1.165, 1.54) is 0 Å². The van der Waals surface area contributed by atoms with Crippen molar-refractivity contribution >= 4 is 23.0 Å². The number of carbonyl (C=O) groups is 2. The molecule has 28 heavy (non-hydrogen) atoms. The van der Waals surface area contributed by atoms with Crippen molar-refractivity contribution in [1.82, 2.24) is 15.0 Å². The molecule has 2 aliphatic rings. The van der Waals surface area contributed by atoms with Gasteiger partial charge in [0.15, 0.2) is 0 Å². The second kappa shape index (κ2) is 6.87. The zero-order valence-electron chi connectivity index (χ0n) is 16.7. The summed E-state index contributed by atoms with van der Waals surface area (Å²) in [7, 11) is 0. The normalized spacial score (nSPS) is 18.6. The maximum absolute atomic E-state index is 13.4. The number of aliphatic carboxylic acids is 1. The minimum atomic E-state index is -0.777. The lowest BCUT2D eigenvalue weighted by atomic mass is 9.89. The van der Waals surface area contributed by atoms with Crippen molar-refractivity contribution in [3.63, 3.8) is 0 Å². The highest BCUT2D eigenvalue weighted by molar-refractivity contribution is 6.06. The van der Waals surface area contributed by atoms with Crippen molar-refractivity contribution in [2.45, 2.75) is 58.8 Å². The highest BCUT2D eigenvalue weighted by Crippen LogP contribution is 2.41. The van der Waals surface area contributed by atoms with E-state index in [-0.39, 0.29) is 17.2 Å². The van der Waals surface area contributed by atoms with Gasteiger partial charge < -0.3 is 14.5 Å².